The Morgan fingerprint density at radius 2 is 1.75 bits per heavy atom. The SMILES string of the molecule is Cc1ccc(C(=O)COC(=O)C2CCN(c3ccccc3[N+](=O)[O-])CC2)cc1. The van der Waals surface area contributed by atoms with Crippen LogP contribution in [-0.4, -0.2) is 36.4 Å². The summed E-state index contributed by atoms with van der Waals surface area (Å²) in [4.78, 5) is 37.2. The van der Waals surface area contributed by atoms with Gasteiger partial charge >= 0.3 is 5.97 Å². The average molecular weight is 382 g/mol. The van der Waals surface area contributed by atoms with Crippen molar-refractivity contribution < 1.29 is 19.2 Å². The van der Waals surface area contributed by atoms with Gasteiger partial charge in [-0.25, -0.2) is 0 Å². The second kappa shape index (κ2) is 8.65. The van der Waals surface area contributed by atoms with Gasteiger partial charge in [0, 0.05) is 24.7 Å². The molecular weight excluding hydrogens is 360 g/mol. The summed E-state index contributed by atoms with van der Waals surface area (Å²) in [5.41, 5.74) is 2.20. The third kappa shape index (κ3) is 4.54. The van der Waals surface area contributed by atoms with Crippen LogP contribution in [0.15, 0.2) is 48.5 Å². The molecule has 7 nitrogen and oxygen atoms in total. The fraction of sp³-hybridized carbons (Fsp3) is 0.333. The number of nitro benzene ring substituents is 1. The standard InChI is InChI=1S/C21H22N2O5/c1-15-6-8-16(9-7-15)20(24)14-28-21(25)17-10-12-22(13-11-17)18-4-2-3-5-19(18)23(26)27/h2-9,17H,10-14H2,1H3. The molecule has 0 atom stereocenters. The molecule has 7 heteroatoms. The van der Waals surface area contributed by atoms with Crippen LogP contribution in [0.1, 0.15) is 28.8 Å². The zero-order valence-corrected chi connectivity index (χ0v) is 15.7. The molecule has 1 aliphatic rings. The highest BCUT2D eigenvalue weighted by atomic mass is 16.6. The highest BCUT2D eigenvalue weighted by Gasteiger charge is 2.29. The first-order valence-electron chi connectivity index (χ1n) is 9.20. The van der Waals surface area contributed by atoms with Gasteiger partial charge in [0.2, 0.25) is 0 Å². The molecule has 0 aromatic heterocycles. The van der Waals surface area contributed by atoms with Crippen LogP contribution in [-0.2, 0) is 9.53 Å². The number of aryl methyl sites for hydroxylation is 1. The summed E-state index contributed by atoms with van der Waals surface area (Å²) >= 11 is 0. The number of piperidine rings is 1. The molecule has 1 fully saturated rings. The molecule has 0 bridgehead atoms. The Bertz CT molecular complexity index is 871. The molecule has 0 saturated carbocycles. The molecule has 0 aliphatic carbocycles. The van der Waals surface area contributed by atoms with Gasteiger partial charge in [0.15, 0.2) is 12.4 Å². The second-order valence-corrected chi connectivity index (χ2v) is 6.90. The number of hydrogen-bond acceptors (Lipinski definition) is 6. The molecule has 0 amide bonds. The fourth-order valence-corrected chi connectivity index (χ4v) is 3.32. The molecule has 28 heavy (non-hydrogen) atoms. The minimum Gasteiger partial charge on any atom is -0.457 e. The van der Waals surface area contributed by atoms with E-state index in [4.69, 9.17) is 4.74 Å². The number of carbonyl (C=O) groups excluding carboxylic acids is 2. The molecule has 1 saturated heterocycles. The van der Waals surface area contributed by atoms with Crippen LogP contribution in [0, 0.1) is 23.0 Å². The third-order valence-corrected chi connectivity index (χ3v) is 4.97. The number of ether oxygens (including phenoxy) is 1. The van der Waals surface area contributed by atoms with Gasteiger partial charge in [-0.15, -0.1) is 0 Å². The van der Waals surface area contributed by atoms with Crippen LogP contribution in [0.2, 0.25) is 0 Å². The predicted molar refractivity (Wildman–Crippen MR) is 105 cm³/mol. The topological polar surface area (TPSA) is 89.8 Å². The van der Waals surface area contributed by atoms with Crippen molar-refractivity contribution in [2.24, 2.45) is 5.92 Å². The van der Waals surface area contributed by atoms with E-state index in [-0.39, 0.29) is 30.0 Å². The van der Waals surface area contributed by atoms with E-state index in [1.807, 2.05) is 24.0 Å². The molecule has 2 aromatic rings. The van der Waals surface area contributed by atoms with E-state index < -0.39 is 4.92 Å². The monoisotopic (exact) mass is 382 g/mol. The maximum Gasteiger partial charge on any atom is 0.309 e. The number of nitro groups is 1. The summed E-state index contributed by atoms with van der Waals surface area (Å²) in [6.45, 7) is 2.71. The predicted octanol–water partition coefficient (Wildman–Crippen LogP) is 3.55. The lowest BCUT2D eigenvalue weighted by Gasteiger charge is -2.32. The first-order valence-corrected chi connectivity index (χ1v) is 9.20. The van der Waals surface area contributed by atoms with Gasteiger partial charge in [-0.1, -0.05) is 42.0 Å². The molecule has 0 unspecified atom stereocenters. The zero-order chi connectivity index (χ0) is 20.1. The number of Topliss-reactive ketones (excluding diaryl/α,β-unsaturated/α-hetero) is 1. The van der Waals surface area contributed by atoms with Crippen LogP contribution in [0.25, 0.3) is 0 Å². The van der Waals surface area contributed by atoms with Gasteiger partial charge in [-0.2, -0.15) is 0 Å². The van der Waals surface area contributed by atoms with E-state index in [1.165, 1.54) is 6.07 Å². The number of nitrogens with zero attached hydrogens (tertiary/aromatic N) is 2. The van der Waals surface area contributed by atoms with E-state index >= 15 is 0 Å². The number of anilines is 1. The van der Waals surface area contributed by atoms with Crippen LogP contribution in [0.5, 0.6) is 0 Å². The fourth-order valence-electron chi connectivity index (χ4n) is 3.32. The lowest BCUT2D eigenvalue weighted by Crippen LogP contribution is -2.37. The van der Waals surface area contributed by atoms with Crippen LogP contribution < -0.4 is 4.90 Å². The van der Waals surface area contributed by atoms with Crippen molar-refractivity contribution in [1.29, 1.82) is 0 Å². The molecule has 1 heterocycles. The molecule has 0 N–H and O–H groups in total. The summed E-state index contributed by atoms with van der Waals surface area (Å²) in [7, 11) is 0. The van der Waals surface area contributed by atoms with Crippen LogP contribution in [0.4, 0.5) is 11.4 Å². The Hall–Kier alpha value is -3.22. The number of benzene rings is 2. The van der Waals surface area contributed by atoms with Crippen molar-refractivity contribution in [1.82, 2.24) is 0 Å². The van der Waals surface area contributed by atoms with E-state index in [0.717, 1.165) is 5.56 Å². The van der Waals surface area contributed by atoms with Gasteiger partial charge < -0.3 is 9.64 Å². The second-order valence-electron chi connectivity index (χ2n) is 6.90. The van der Waals surface area contributed by atoms with E-state index in [2.05, 4.69) is 0 Å². The largest absolute Gasteiger partial charge is 0.457 e. The molecule has 0 radical (unpaired) electrons. The Kier molecular flexibility index (Phi) is 6.03. The maximum absolute atomic E-state index is 12.3. The summed E-state index contributed by atoms with van der Waals surface area (Å²) < 4.78 is 5.22. The van der Waals surface area contributed by atoms with Crippen molar-refractivity contribution in [3.8, 4) is 0 Å². The van der Waals surface area contributed by atoms with E-state index in [0.29, 0.717) is 37.2 Å². The lowest BCUT2D eigenvalue weighted by molar-refractivity contribution is -0.384. The number of hydrogen-bond donors (Lipinski definition) is 0. The molecular formula is C21H22N2O5. The summed E-state index contributed by atoms with van der Waals surface area (Å²) in [6, 6.07) is 13.7. The highest BCUT2D eigenvalue weighted by molar-refractivity contribution is 5.98. The maximum atomic E-state index is 12.3. The van der Waals surface area contributed by atoms with E-state index in [9.17, 15) is 19.7 Å². The Morgan fingerprint density at radius 3 is 2.39 bits per heavy atom. The average Bonchev–Trinajstić information content (AvgIpc) is 2.72. The Labute approximate surface area is 163 Å². The van der Waals surface area contributed by atoms with Crippen molar-refractivity contribution in [3.63, 3.8) is 0 Å². The highest BCUT2D eigenvalue weighted by Crippen LogP contribution is 2.31. The molecule has 1 aliphatic heterocycles. The van der Waals surface area contributed by atoms with Gasteiger partial charge in [-0.3, -0.25) is 19.7 Å². The summed E-state index contributed by atoms with van der Waals surface area (Å²) in [6.07, 6.45) is 1.06. The van der Waals surface area contributed by atoms with Gasteiger partial charge in [-0.05, 0) is 25.8 Å². The lowest BCUT2D eigenvalue weighted by atomic mass is 9.96. The van der Waals surface area contributed by atoms with Gasteiger partial charge in [0.25, 0.3) is 5.69 Å². The Morgan fingerprint density at radius 1 is 1.11 bits per heavy atom. The Balaban J connectivity index is 1.52. The summed E-state index contributed by atoms with van der Waals surface area (Å²) in [5, 5.41) is 11.2. The third-order valence-electron chi connectivity index (χ3n) is 4.97. The van der Waals surface area contributed by atoms with Crippen molar-refractivity contribution >= 4 is 23.1 Å². The number of ketones is 1. The number of rotatable bonds is 6. The minimum atomic E-state index is -0.396. The molecule has 146 valence electrons. The molecule has 2 aromatic carbocycles. The first kappa shape index (κ1) is 19.5. The van der Waals surface area contributed by atoms with E-state index in [1.54, 1.807) is 30.3 Å². The van der Waals surface area contributed by atoms with Crippen molar-refractivity contribution in [2.45, 2.75) is 19.8 Å². The van der Waals surface area contributed by atoms with Crippen molar-refractivity contribution in [2.75, 3.05) is 24.6 Å². The van der Waals surface area contributed by atoms with Gasteiger partial charge in [0.1, 0.15) is 5.69 Å². The van der Waals surface area contributed by atoms with Crippen molar-refractivity contribution in [3.05, 3.63) is 69.8 Å². The molecule has 3 rings (SSSR count). The van der Waals surface area contributed by atoms with Crippen LogP contribution in [0.3, 0.4) is 0 Å². The smallest absolute Gasteiger partial charge is 0.309 e. The number of carbonyl (C=O) groups is 2. The number of esters is 1. The first-order chi connectivity index (χ1) is 13.5. The van der Waals surface area contributed by atoms with Crippen LogP contribution >= 0.6 is 0 Å². The normalized spacial score (nSPS) is 14.5. The summed E-state index contributed by atoms with van der Waals surface area (Å²) in [5.74, 6) is -0.918. The zero-order valence-electron chi connectivity index (χ0n) is 15.7. The number of para-hydroxylation sites is 2. The minimum absolute atomic E-state index is 0.0622. The molecule has 0 spiro atoms. The van der Waals surface area contributed by atoms with Gasteiger partial charge in [0.05, 0.1) is 10.8 Å². The quantitative estimate of drug-likeness (QED) is 0.328.